The molecule has 0 amide bonds. The summed E-state index contributed by atoms with van der Waals surface area (Å²) in [6.45, 7) is 6.71. The van der Waals surface area contributed by atoms with Gasteiger partial charge >= 0.3 is 5.76 Å². The van der Waals surface area contributed by atoms with Gasteiger partial charge in [0.2, 0.25) is 0 Å². The molecule has 0 aliphatic rings. The Hall–Kier alpha value is -0.990. The van der Waals surface area contributed by atoms with E-state index in [1.54, 1.807) is 6.20 Å². The fourth-order valence-corrected chi connectivity index (χ4v) is 4.45. The van der Waals surface area contributed by atoms with Crippen molar-refractivity contribution >= 4 is 0 Å². The first kappa shape index (κ1) is 25.0. The van der Waals surface area contributed by atoms with Crippen molar-refractivity contribution in [3.05, 3.63) is 22.5 Å². The SMILES string of the molecule is CCCCCCCCCCCCCCCCCC(CC)(CC)c1c[nH]c(=O)o1. The monoisotopic (exact) mass is 393 g/mol. The van der Waals surface area contributed by atoms with Crippen molar-refractivity contribution in [2.75, 3.05) is 0 Å². The summed E-state index contributed by atoms with van der Waals surface area (Å²) in [6.07, 6.45) is 25.9. The fourth-order valence-electron chi connectivity index (χ4n) is 4.45. The van der Waals surface area contributed by atoms with Gasteiger partial charge in [-0.05, 0) is 19.3 Å². The van der Waals surface area contributed by atoms with Crippen molar-refractivity contribution in [3.63, 3.8) is 0 Å². The molecule has 164 valence electrons. The minimum Gasteiger partial charge on any atom is -0.412 e. The van der Waals surface area contributed by atoms with E-state index >= 15 is 0 Å². The van der Waals surface area contributed by atoms with Crippen molar-refractivity contribution in [3.8, 4) is 0 Å². The standard InChI is InChI=1S/C25H47NO2/c1-4-7-8-9-10-11-12-13-14-15-16-17-18-19-20-21-25(5-2,6-3)23-22-26-24(27)28-23/h22H,4-21H2,1-3H3,(H,26,27). The van der Waals surface area contributed by atoms with Crippen LogP contribution >= 0.6 is 0 Å². The molecule has 1 rings (SSSR count). The maximum Gasteiger partial charge on any atom is 0.416 e. The minimum absolute atomic E-state index is 0.0374. The van der Waals surface area contributed by atoms with Gasteiger partial charge in [0.25, 0.3) is 0 Å². The van der Waals surface area contributed by atoms with Crippen LogP contribution in [0.2, 0.25) is 0 Å². The summed E-state index contributed by atoms with van der Waals surface area (Å²) in [7, 11) is 0. The first-order valence-corrected chi connectivity index (χ1v) is 12.4. The number of rotatable bonds is 19. The third kappa shape index (κ3) is 9.98. The molecule has 0 aliphatic heterocycles. The lowest BCUT2D eigenvalue weighted by Gasteiger charge is -2.29. The summed E-state index contributed by atoms with van der Waals surface area (Å²) < 4.78 is 5.39. The number of hydrogen-bond donors (Lipinski definition) is 1. The topological polar surface area (TPSA) is 46.0 Å². The van der Waals surface area contributed by atoms with Gasteiger partial charge in [-0.3, -0.25) is 4.98 Å². The zero-order valence-corrected chi connectivity index (χ0v) is 19.1. The Balaban J connectivity index is 1.99. The molecule has 0 saturated heterocycles. The maximum absolute atomic E-state index is 11.4. The Bertz CT molecular complexity index is 513. The smallest absolute Gasteiger partial charge is 0.412 e. The first-order valence-electron chi connectivity index (χ1n) is 12.4. The quantitative estimate of drug-likeness (QED) is 0.240. The Morgan fingerprint density at radius 2 is 1.14 bits per heavy atom. The van der Waals surface area contributed by atoms with E-state index < -0.39 is 0 Å². The van der Waals surface area contributed by atoms with E-state index in [2.05, 4.69) is 25.8 Å². The number of nitrogens with one attached hydrogen (secondary N) is 1. The van der Waals surface area contributed by atoms with E-state index in [4.69, 9.17) is 4.42 Å². The van der Waals surface area contributed by atoms with Crippen molar-refractivity contribution in [1.82, 2.24) is 4.98 Å². The molecule has 1 heterocycles. The first-order chi connectivity index (χ1) is 13.7. The molecule has 0 atom stereocenters. The van der Waals surface area contributed by atoms with Gasteiger partial charge < -0.3 is 4.42 Å². The van der Waals surface area contributed by atoms with Crippen molar-refractivity contribution in [2.45, 2.75) is 142 Å². The summed E-state index contributed by atoms with van der Waals surface area (Å²) in [5.41, 5.74) is 0.0374. The van der Waals surface area contributed by atoms with Gasteiger partial charge in [0, 0.05) is 11.6 Å². The minimum atomic E-state index is -0.322. The Morgan fingerprint density at radius 1 is 0.714 bits per heavy atom. The van der Waals surface area contributed by atoms with Crippen LogP contribution in [0.1, 0.15) is 142 Å². The molecule has 0 saturated carbocycles. The van der Waals surface area contributed by atoms with Gasteiger partial charge in [0.1, 0.15) is 5.76 Å². The Kier molecular flexibility index (Phi) is 14.2. The van der Waals surface area contributed by atoms with Crippen LogP contribution < -0.4 is 5.76 Å². The molecule has 0 aromatic carbocycles. The second-order valence-corrected chi connectivity index (χ2v) is 8.73. The van der Waals surface area contributed by atoms with Crippen LogP contribution in [-0.4, -0.2) is 4.98 Å². The molecule has 0 aliphatic carbocycles. The lowest BCUT2D eigenvalue weighted by molar-refractivity contribution is 0.276. The number of aromatic nitrogens is 1. The summed E-state index contributed by atoms with van der Waals surface area (Å²) in [5, 5.41) is 0. The zero-order valence-electron chi connectivity index (χ0n) is 19.1. The van der Waals surface area contributed by atoms with Crippen LogP contribution in [-0.2, 0) is 5.41 Å². The highest BCUT2D eigenvalue weighted by molar-refractivity contribution is 5.09. The highest BCUT2D eigenvalue weighted by Crippen LogP contribution is 2.36. The van der Waals surface area contributed by atoms with E-state index in [9.17, 15) is 4.79 Å². The normalized spacial score (nSPS) is 12.0. The van der Waals surface area contributed by atoms with Crippen LogP contribution in [0.3, 0.4) is 0 Å². The van der Waals surface area contributed by atoms with Crippen molar-refractivity contribution in [2.24, 2.45) is 0 Å². The summed E-state index contributed by atoms with van der Waals surface area (Å²) in [4.78, 5) is 14.0. The van der Waals surface area contributed by atoms with E-state index in [-0.39, 0.29) is 11.2 Å². The van der Waals surface area contributed by atoms with Crippen molar-refractivity contribution < 1.29 is 4.42 Å². The molecule has 0 fully saturated rings. The van der Waals surface area contributed by atoms with Gasteiger partial charge in [-0.2, -0.15) is 0 Å². The average molecular weight is 394 g/mol. The highest BCUT2D eigenvalue weighted by Gasteiger charge is 2.31. The third-order valence-electron chi connectivity index (χ3n) is 6.66. The van der Waals surface area contributed by atoms with E-state index in [1.165, 1.54) is 96.3 Å². The van der Waals surface area contributed by atoms with Gasteiger partial charge in [-0.25, -0.2) is 4.79 Å². The van der Waals surface area contributed by atoms with Crippen LogP contribution in [0, 0.1) is 0 Å². The van der Waals surface area contributed by atoms with Crippen LogP contribution in [0.25, 0.3) is 0 Å². The summed E-state index contributed by atoms with van der Waals surface area (Å²) >= 11 is 0. The molecule has 3 heteroatoms. The molecule has 3 nitrogen and oxygen atoms in total. The largest absolute Gasteiger partial charge is 0.416 e. The number of aromatic amines is 1. The van der Waals surface area contributed by atoms with Crippen LogP contribution in [0.15, 0.2) is 15.4 Å². The van der Waals surface area contributed by atoms with Crippen LogP contribution in [0.5, 0.6) is 0 Å². The molecule has 0 unspecified atom stereocenters. The molecule has 28 heavy (non-hydrogen) atoms. The second-order valence-electron chi connectivity index (χ2n) is 8.73. The van der Waals surface area contributed by atoms with Gasteiger partial charge in [-0.1, -0.05) is 117 Å². The Labute approximate surface area is 174 Å². The van der Waals surface area contributed by atoms with E-state index in [0.29, 0.717) is 0 Å². The lowest BCUT2D eigenvalue weighted by Crippen LogP contribution is -2.24. The molecule has 1 aromatic heterocycles. The molecule has 0 spiro atoms. The third-order valence-corrected chi connectivity index (χ3v) is 6.66. The average Bonchev–Trinajstić information content (AvgIpc) is 3.15. The summed E-state index contributed by atoms with van der Waals surface area (Å²) in [5.74, 6) is 0.533. The number of oxazole rings is 1. The molecule has 0 radical (unpaired) electrons. The van der Waals surface area contributed by atoms with E-state index in [1.807, 2.05) is 0 Å². The van der Waals surface area contributed by atoms with Crippen molar-refractivity contribution in [1.29, 1.82) is 0 Å². The molecule has 1 N–H and O–H groups in total. The lowest BCUT2D eigenvalue weighted by atomic mass is 9.76. The maximum atomic E-state index is 11.4. The molecular formula is C25H47NO2. The number of hydrogen-bond acceptors (Lipinski definition) is 2. The van der Waals surface area contributed by atoms with Gasteiger partial charge in [-0.15, -0.1) is 0 Å². The predicted molar refractivity (Wildman–Crippen MR) is 121 cm³/mol. The highest BCUT2D eigenvalue weighted by atomic mass is 16.4. The van der Waals surface area contributed by atoms with Crippen LogP contribution in [0.4, 0.5) is 0 Å². The van der Waals surface area contributed by atoms with Gasteiger partial charge in [0.15, 0.2) is 0 Å². The fraction of sp³-hybridized carbons (Fsp3) is 0.880. The predicted octanol–water partition coefficient (Wildman–Crippen LogP) is 8.29. The molecular weight excluding hydrogens is 346 g/mol. The second kappa shape index (κ2) is 15.9. The molecule has 0 bridgehead atoms. The number of unbranched alkanes of at least 4 members (excludes halogenated alkanes) is 14. The molecule has 1 aromatic rings. The van der Waals surface area contributed by atoms with Gasteiger partial charge in [0.05, 0.1) is 0 Å². The van der Waals surface area contributed by atoms with E-state index in [0.717, 1.165) is 25.0 Å². The zero-order chi connectivity index (χ0) is 20.5. The Morgan fingerprint density at radius 3 is 1.50 bits per heavy atom. The number of H-pyrrole nitrogens is 1. The summed E-state index contributed by atoms with van der Waals surface area (Å²) in [6, 6.07) is 0.